The van der Waals surface area contributed by atoms with E-state index in [4.69, 9.17) is 5.14 Å². The monoisotopic (exact) mass is 328 g/mol. The summed E-state index contributed by atoms with van der Waals surface area (Å²) in [4.78, 5) is 24.4. The highest BCUT2D eigenvalue weighted by atomic mass is 32.2. The molecule has 0 aromatic heterocycles. The van der Waals surface area contributed by atoms with E-state index in [1.807, 2.05) is 0 Å². The number of phenols is 1. The van der Waals surface area contributed by atoms with Gasteiger partial charge in [-0.3, -0.25) is 4.79 Å². The van der Waals surface area contributed by atoms with Crippen molar-refractivity contribution in [3.05, 3.63) is 29.8 Å². The molecule has 0 aliphatic carbocycles. The van der Waals surface area contributed by atoms with Crippen molar-refractivity contribution in [1.82, 2.24) is 4.90 Å². The number of carboxylic acids is 1. The van der Waals surface area contributed by atoms with Gasteiger partial charge in [0.2, 0.25) is 15.9 Å². The number of amides is 1. The first kappa shape index (κ1) is 16.2. The van der Waals surface area contributed by atoms with Crippen LogP contribution in [0, 0.1) is 0 Å². The molecule has 120 valence electrons. The summed E-state index contributed by atoms with van der Waals surface area (Å²) < 4.78 is 22.7. The van der Waals surface area contributed by atoms with E-state index in [1.165, 1.54) is 12.1 Å². The standard InChI is InChI=1S/C13H16N2O6S/c14-22(20,21)10-6-12(17)15(7-10)11(13(18)19)5-8-1-3-9(16)4-2-8/h1-4,10-11,16H,5-7H2,(H,18,19)(H2,14,20,21). The Balaban J connectivity index is 2.20. The second-order valence-corrected chi connectivity index (χ2v) is 7.03. The maximum atomic E-state index is 11.9. The number of aromatic hydroxyl groups is 1. The van der Waals surface area contributed by atoms with Gasteiger partial charge < -0.3 is 15.1 Å². The third-order valence-electron chi connectivity index (χ3n) is 3.61. The molecule has 0 spiro atoms. The van der Waals surface area contributed by atoms with E-state index in [9.17, 15) is 28.2 Å². The summed E-state index contributed by atoms with van der Waals surface area (Å²) in [5.41, 5.74) is 0.608. The molecule has 2 unspecified atom stereocenters. The Morgan fingerprint density at radius 1 is 1.36 bits per heavy atom. The van der Waals surface area contributed by atoms with E-state index in [1.54, 1.807) is 12.1 Å². The molecular weight excluding hydrogens is 312 g/mol. The van der Waals surface area contributed by atoms with Gasteiger partial charge in [0.25, 0.3) is 0 Å². The fourth-order valence-corrected chi connectivity index (χ4v) is 3.15. The minimum absolute atomic E-state index is 0.0126. The number of carboxylic acid groups (broad SMARTS) is 1. The van der Waals surface area contributed by atoms with Crippen LogP contribution in [0.15, 0.2) is 24.3 Å². The number of hydrogen-bond acceptors (Lipinski definition) is 5. The van der Waals surface area contributed by atoms with Gasteiger partial charge in [-0.05, 0) is 17.7 Å². The summed E-state index contributed by atoms with van der Waals surface area (Å²) in [5.74, 6) is -1.73. The quantitative estimate of drug-likeness (QED) is 0.652. The van der Waals surface area contributed by atoms with Crippen LogP contribution in [0.4, 0.5) is 0 Å². The number of benzene rings is 1. The van der Waals surface area contributed by atoms with E-state index < -0.39 is 33.2 Å². The van der Waals surface area contributed by atoms with Gasteiger partial charge in [-0.25, -0.2) is 18.4 Å². The van der Waals surface area contributed by atoms with E-state index in [-0.39, 0.29) is 25.1 Å². The normalized spacial score (nSPS) is 20.1. The van der Waals surface area contributed by atoms with Crippen molar-refractivity contribution >= 4 is 21.9 Å². The maximum Gasteiger partial charge on any atom is 0.326 e. The van der Waals surface area contributed by atoms with Gasteiger partial charge >= 0.3 is 5.97 Å². The number of likely N-dealkylation sites (tertiary alicyclic amines) is 1. The lowest BCUT2D eigenvalue weighted by molar-refractivity contribution is -0.148. The summed E-state index contributed by atoms with van der Waals surface area (Å²) in [6, 6.07) is 4.73. The van der Waals surface area contributed by atoms with Crippen LogP contribution >= 0.6 is 0 Å². The summed E-state index contributed by atoms with van der Waals surface area (Å²) in [7, 11) is -3.89. The van der Waals surface area contributed by atoms with Crippen LogP contribution in [0.2, 0.25) is 0 Å². The van der Waals surface area contributed by atoms with Crippen LogP contribution in [0.25, 0.3) is 0 Å². The Bertz CT molecular complexity index is 685. The fraction of sp³-hybridized carbons (Fsp3) is 0.385. The fourth-order valence-electron chi connectivity index (χ4n) is 2.40. The number of carbonyl (C=O) groups excluding carboxylic acids is 1. The second-order valence-electron chi connectivity index (χ2n) is 5.19. The predicted octanol–water partition coefficient (Wildman–Crippen LogP) is -0.723. The molecule has 8 nitrogen and oxygen atoms in total. The Kier molecular flexibility index (Phi) is 4.38. The lowest BCUT2D eigenvalue weighted by atomic mass is 10.0. The Morgan fingerprint density at radius 2 is 1.95 bits per heavy atom. The van der Waals surface area contributed by atoms with Crippen LogP contribution in [0.5, 0.6) is 5.75 Å². The van der Waals surface area contributed by atoms with Gasteiger partial charge in [-0.2, -0.15) is 0 Å². The third kappa shape index (κ3) is 3.55. The van der Waals surface area contributed by atoms with Crippen LogP contribution in [-0.2, 0) is 26.0 Å². The average molecular weight is 328 g/mol. The molecule has 9 heteroatoms. The van der Waals surface area contributed by atoms with Gasteiger partial charge in [-0.1, -0.05) is 12.1 Å². The average Bonchev–Trinajstić information content (AvgIpc) is 2.79. The van der Waals surface area contributed by atoms with E-state index in [2.05, 4.69) is 0 Å². The van der Waals surface area contributed by atoms with Gasteiger partial charge in [-0.15, -0.1) is 0 Å². The van der Waals surface area contributed by atoms with Crippen molar-refractivity contribution in [3.63, 3.8) is 0 Å². The van der Waals surface area contributed by atoms with Gasteiger partial charge in [0.1, 0.15) is 17.0 Å². The highest BCUT2D eigenvalue weighted by molar-refractivity contribution is 7.89. The number of nitrogens with zero attached hydrogens (tertiary/aromatic N) is 1. The lowest BCUT2D eigenvalue weighted by Crippen LogP contribution is -2.44. The van der Waals surface area contributed by atoms with Gasteiger partial charge in [0.15, 0.2) is 0 Å². The van der Waals surface area contributed by atoms with Crippen LogP contribution in [0.3, 0.4) is 0 Å². The zero-order valence-electron chi connectivity index (χ0n) is 11.5. The lowest BCUT2D eigenvalue weighted by Gasteiger charge is -2.24. The molecule has 0 saturated carbocycles. The number of carbonyl (C=O) groups is 2. The molecule has 1 heterocycles. The zero-order chi connectivity index (χ0) is 16.5. The van der Waals surface area contributed by atoms with Crippen molar-refractivity contribution in [2.75, 3.05) is 6.54 Å². The molecule has 2 rings (SSSR count). The molecule has 1 amide bonds. The number of sulfonamides is 1. The van der Waals surface area contributed by atoms with Crippen molar-refractivity contribution in [1.29, 1.82) is 0 Å². The number of phenolic OH excluding ortho intramolecular Hbond substituents is 1. The molecule has 0 bridgehead atoms. The number of primary sulfonamides is 1. The molecule has 2 atom stereocenters. The van der Waals surface area contributed by atoms with E-state index >= 15 is 0 Å². The minimum Gasteiger partial charge on any atom is -0.508 e. The van der Waals surface area contributed by atoms with E-state index in [0.29, 0.717) is 5.56 Å². The predicted molar refractivity (Wildman–Crippen MR) is 76.5 cm³/mol. The summed E-state index contributed by atoms with van der Waals surface area (Å²) in [6.07, 6.45) is -0.295. The first-order valence-electron chi connectivity index (χ1n) is 6.50. The Hall–Kier alpha value is -2.13. The molecule has 0 radical (unpaired) electrons. The molecule has 1 aromatic rings. The van der Waals surface area contributed by atoms with Crippen LogP contribution in [0.1, 0.15) is 12.0 Å². The molecule has 1 aliphatic rings. The highest BCUT2D eigenvalue weighted by Gasteiger charge is 2.41. The largest absolute Gasteiger partial charge is 0.508 e. The SMILES string of the molecule is NS(=O)(=O)C1CC(=O)N(C(Cc2ccc(O)cc2)C(=O)O)C1. The van der Waals surface area contributed by atoms with Crippen LogP contribution in [-0.4, -0.2) is 53.2 Å². The molecule has 1 fully saturated rings. The van der Waals surface area contributed by atoms with Crippen molar-refractivity contribution in [2.45, 2.75) is 24.1 Å². The van der Waals surface area contributed by atoms with Gasteiger partial charge in [0, 0.05) is 19.4 Å². The second kappa shape index (κ2) is 5.93. The molecule has 1 saturated heterocycles. The molecular formula is C13H16N2O6S. The minimum atomic E-state index is -3.89. The van der Waals surface area contributed by atoms with Gasteiger partial charge in [0.05, 0.1) is 0 Å². The smallest absolute Gasteiger partial charge is 0.326 e. The summed E-state index contributed by atoms with van der Waals surface area (Å²) in [5, 5.41) is 22.5. The highest BCUT2D eigenvalue weighted by Crippen LogP contribution is 2.22. The number of nitrogens with two attached hydrogens (primary N) is 1. The number of rotatable bonds is 5. The molecule has 4 N–H and O–H groups in total. The number of hydrogen-bond donors (Lipinski definition) is 3. The Morgan fingerprint density at radius 3 is 2.41 bits per heavy atom. The van der Waals surface area contributed by atoms with E-state index in [0.717, 1.165) is 4.90 Å². The van der Waals surface area contributed by atoms with Crippen LogP contribution < -0.4 is 5.14 Å². The third-order valence-corrected chi connectivity index (χ3v) is 4.86. The molecule has 1 aromatic carbocycles. The number of aliphatic carboxylic acids is 1. The maximum absolute atomic E-state index is 11.9. The van der Waals surface area contributed by atoms with Crippen molar-refractivity contribution in [2.24, 2.45) is 5.14 Å². The first-order chi connectivity index (χ1) is 10.2. The Labute approximate surface area is 127 Å². The molecule has 1 aliphatic heterocycles. The molecule has 22 heavy (non-hydrogen) atoms. The summed E-state index contributed by atoms with van der Waals surface area (Å²) >= 11 is 0. The topological polar surface area (TPSA) is 138 Å². The van der Waals surface area contributed by atoms with Crippen molar-refractivity contribution < 1.29 is 28.2 Å². The zero-order valence-corrected chi connectivity index (χ0v) is 12.4. The first-order valence-corrected chi connectivity index (χ1v) is 8.11. The van der Waals surface area contributed by atoms with Crippen molar-refractivity contribution in [3.8, 4) is 5.75 Å². The summed E-state index contributed by atoms with van der Waals surface area (Å²) in [6.45, 7) is -0.229.